The standard InChI is InChI=1S/C28H34N2O/c1-2-3-8-23-14-16-24(17-15-23)9-4-5-20-31-22-28-13-7-12-27(30-28)19-18-25-10-6-11-26(29)21-25/h6-7,10-19,21H,2-5,8-9,20,22,29H2,1H3. The molecule has 0 unspecified atom stereocenters. The van der Waals surface area contributed by atoms with E-state index in [1.165, 1.54) is 30.4 Å². The summed E-state index contributed by atoms with van der Waals surface area (Å²) in [6, 6.07) is 23.0. The molecule has 0 aliphatic carbocycles. The Hall–Kier alpha value is -2.91. The molecular formula is C28H34N2O. The minimum Gasteiger partial charge on any atom is -0.399 e. The summed E-state index contributed by atoms with van der Waals surface area (Å²) in [5.74, 6) is 0. The number of nitrogens with two attached hydrogens (primary N) is 1. The fourth-order valence-corrected chi connectivity index (χ4v) is 3.48. The molecule has 0 saturated heterocycles. The van der Waals surface area contributed by atoms with Crippen molar-refractivity contribution >= 4 is 17.8 Å². The van der Waals surface area contributed by atoms with Gasteiger partial charge >= 0.3 is 0 Å². The first kappa shape index (κ1) is 22.8. The predicted molar refractivity (Wildman–Crippen MR) is 132 cm³/mol. The van der Waals surface area contributed by atoms with Gasteiger partial charge in [0.15, 0.2) is 0 Å². The lowest BCUT2D eigenvalue weighted by Gasteiger charge is -2.06. The summed E-state index contributed by atoms with van der Waals surface area (Å²) in [5.41, 5.74) is 12.4. The Balaban J connectivity index is 1.35. The Labute approximate surface area is 187 Å². The highest BCUT2D eigenvalue weighted by Gasteiger charge is 1.99. The van der Waals surface area contributed by atoms with Crippen molar-refractivity contribution in [2.45, 2.75) is 52.1 Å². The van der Waals surface area contributed by atoms with Crippen LogP contribution in [0.25, 0.3) is 12.2 Å². The first-order chi connectivity index (χ1) is 15.2. The van der Waals surface area contributed by atoms with Crippen LogP contribution >= 0.6 is 0 Å². The van der Waals surface area contributed by atoms with Crippen LogP contribution in [0.3, 0.4) is 0 Å². The molecule has 0 spiro atoms. The summed E-state index contributed by atoms with van der Waals surface area (Å²) in [5, 5.41) is 0. The minimum absolute atomic E-state index is 0.548. The molecule has 0 fully saturated rings. The lowest BCUT2D eigenvalue weighted by atomic mass is 10.0. The van der Waals surface area contributed by atoms with E-state index in [4.69, 9.17) is 10.5 Å². The second kappa shape index (κ2) is 12.7. The van der Waals surface area contributed by atoms with Crippen molar-refractivity contribution in [2.24, 2.45) is 0 Å². The third-order valence-electron chi connectivity index (χ3n) is 5.28. The normalized spacial score (nSPS) is 11.3. The molecule has 0 saturated carbocycles. The number of nitrogen functional groups attached to an aromatic ring is 1. The maximum absolute atomic E-state index is 5.85. The van der Waals surface area contributed by atoms with E-state index in [2.05, 4.69) is 36.2 Å². The van der Waals surface area contributed by atoms with Gasteiger partial charge < -0.3 is 10.5 Å². The molecule has 2 N–H and O–H groups in total. The Bertz CT molecular complexity index is 947. The number of hydrogen-bond donors (Lipinski definition) is 1. The molecule has 0 radical (unpaired) electrons. The highest BCUT2D eigenvalue weighted by molar-refractivity contribution is 5.69. The number of unbranched alkanes of at least 4 members (excludes halogenated alkanes) is 2. The number of anilines is 1. The van der Waals surface area contributed by atoms with Crippen molar-refractivity contribution < 1.29 is 4.74 Å². The van der Waals surface area contributed by atoms with E-state index < -0.39 is 0 Å². The van der Waals surface area contributed by atoms with E-state index in [1.807, 2.05) is 54.6 Å². The third kappa shape index (κ3) is 8.39. The summed E-state index contributed by atoms with van der Waals surface area (Å²) < 4.78 is 5.85. The van der Waals surface area contributed by atoms with Crippen molar-refractivity contribution in [1.82, 2.24) is 4.98 Å². The largest absolute Gasteiger partial charge is 0.399 e. The van der Waals surface area contributed by atoms with E-state index in [0.717, 1.165) is 48.5 Å². The highest BCUT2D eigenvalue weighted by atomic mass is 16.5. The molecule has 31 heavy (non-hydrogen) atoms. The lowest BCUT2D eigenvalue weighted by Crippen LogP contribution is -1.99. The van der Waals surface area contributed by atoms with Crippen molar-refractivity contribution in [3.8, 4) is 0 Å². The van der Waals surface area contributed by atoms with Crippen LogP contribution in [0.15, 0.2) is 66.7 Å². The number of benzene rings is 2. The molecule has 0 amide bonds. The Morgan fingerprint density at radius 2 is 1.58 bits per heavy atom. The van der Waals surface area contributed by atoms with Crippen LogP contribution in [0.4, 0.5) is 5.69 Å². The van der Waals surface area contributed by atoms with Crippen LogP contribution in [0.2, 0.25) is 0 Å². The average Bonchev–Trinajstić information content (AvgIpc) is 2.80. The van der Waals surface area contributed by atoms with Gasteiger partial charge in [0.05, 0.1) is 18.0 Å². The first-order valence-corrected chi connectivity index (χ1v) is 11.4. The van der Waals surface area contributed by atoms with Gasteiger partial charge in [-0.25, -0.2) is 0 Å². The smallest absolute Gasteiger partial charge is 0.0888 e. The molecule has 3 aromatic rings. The molecule has 3 heteroatoms. The Kier molecular flexibility index (Phi) is 9.33. The SMILES string of the molecule is CCCCc1ccc(CCCCOCc2cccc(C=Cc3cccc(N)c3)n2)cc1. The fraction of sp³-hybridized carbons (Fsp3) is 0.321. The lowest BCUT2D eigenvalue weighted by molar-refractivity contribution is 0.114. The van der Waals surface area contributed by atoms with E-state index in [9.17, 15) is 0 Å². The maximum Gasteiger partial charge on any atom is 0.0888 e. The quantitative estimate of drug-likeness (QED) is 0.264. The molecule has 1 heterocycles. The second-order valence-corrected chi connectivity index (χ2v) is 7.99. The van der Waals surface area contributed by atoms with E-state index >= 15 is 0 Å². The number of ether oxygens (including phenoxy) is 1. The van der Waals surface area contributed by atoms with Gasteiger partial charge in [0.2, 0.25) is 0 Å². The molecule has 3 rings (SSSR count). The summed E-state index contributed by atoms with van der Waals surface area (Å²) in [6.45, 7) is 3.55. The van der Waals surface area contributed by atoms with Gasteiger partial charge in [-0.15, -0.1) is 0 Å². The third-order valence-corrected chi connectivity index (χ3v) is 5.28. The zero-order chi connectivity index (χ0) is 21.7. The maximum atomic E-state index is 5.85. The number of pyridine rings is 1. The summed E-state index contributed by atoms with van der Waals surface area (Å²) >= 11 is 0. The fourth-order valence-electron chi connectivity index (χ4n) is 3.48. The molecule has 162 valence electrons. The average molecular weight is 415 g/mol. The summed E-state index contributed by atoms with van der Waals surface area (Å²) in [7, 11) is 0. The second-order valence-electron chi connectivity index (χ2n) is 7.99. The summed E-state index contributed by atoms with van der Waals surface area (Å²) in [6.07, 6.45) is 11.1. The molecule has 0 aliphatic rings. The van der Waals surface area contributed by atoms with Gasteiger partial charge in [0.25, 0.3) is 0 Å². The minimum atomic E-state index is 0.548. The van der Waals surface area contributed by atoms with Crippen molar-refractivity contribution in [3.63, 3.8) is 0 Å². The number of aromatic nitrogens is 1. The van der Waals surface area contributed by atoms with Crippen LogP contribution < -0.4 is 5.73 Å². The topological polar surface area (TPSA) is 48.1 Å². The predicted octanol–water partition coefficient (Wildman–Crippen LogP) is 6.72. The van der Waals surface area contributed by atoms with Gasteiger partial charge in [0.1, 0.15) is 0 Å². The molecule has 0 bridgehead atoms. The summed E-state index contributed by atoms with van der Waals surface area (Å²) in [4.78, 5) is 4.66. The van der Waals surface area contributed by atoms with Crippen LogP contribution in [0, 0.1) is 0 Å². The van der Waals surface area contributed by atoms with Crippen LogP contribution in [0.1, 0.15) is 60.7 Å². The Morgan fingerprint density at radius 3 is 2.32 bits per heavy atom. The van der Waals surface area contributed by atoms with Crippen LogP contribution in [-0.4, -0.2) is 11.6 Å². The van der Waals surface area contributed by atoms with Crippen molar-refractivity contribution in [1.29, 1.82) is 0 Å². The first-order valence-electron chi connectivity index (χ1n) is 11.4. The van der Waals surface area contributed by atoms with Gasteiger partial charge in [-0.2, -0.15) is 0 Å². The van der Waals surface area contributed by atoms with E-state index in [-0.39, 0.29) is 0 Å². The monoisotopic (exact) mass is 414 g/mol. The number of hydrogen-bond acceptors (Lipinski definition) is 3. The molecule has 2 aromatic carbocycles. The molecular weight excluding hydrogens is 380 g/mol. The number of aryl methyl sites for hydroxylation is 2. The Morgan fingerprint density at radius 1 is 0.839 bits per heavy atom. The molecule has 3 nitrogen and oxygen atoms in total. The molecule has 1 aromatic heterocycles. The number of nitrogens with zero attached hydrogens (tertiary/aromatic N) is 1. The van der Waals surface area contributed by atoms with Crippen LogP contribution in [0.5, 0.6) is 0 Å². The zero-order valence-corrected chi connectivity index (χ0v) is 18.6. The van der Waals surface area contributed by atoms with Crippen molar-refractivity contribution in [2.75, 3.05) is 12.3 Å². The number of rotatable bonds is 12. The van der Waals surface area contributed by atoms with Gasteiger partial charge in [0, 0.05) is 12.3 Å². The highest BCUT2D eigenvalue weighted by Crippen LogP contribution is 2.12. The van der Waals surface area contributed by atoms with Crippen molar-refractivity contribution in [3.05, 3.63) is 94.8 Å². The van der Waals surface area contributed by atoms with Gasteiger partial charge in [-0.1, -0.05) is 61.9 Å². The molecule has 0 atom stereocenters. The van der Waals surface area contributed by atoms with E-state index in [0.29, 0.717) is 6.61 Å². The van der Waals surface area contributed by atoms with E-state index in [1.54, 1.807) is 0 Å². The molecule has 0 aliphatic heterocycles. The van der Waals surface area contributed by atoms with Gasteiger partial charge in [-0.05, 0) is 79.1 Å². The van der Waals surface area contributed by atoms with Gasteiger partial charge in [-0.3, -0.25) is 4.98 Å². The van der Waals surface area contributed by atoms with Crippen LogP contribution in [-0.2, 0) is 24.2 Å². The zero-order valence-electron chi connectivity index (χ0n) is 18.6.